The molecule has 1 rings (SSSR count). The van der Waals surface area contributed by atoms with Crippen LogP contribution in [0.1, 0.15) is 26.7 Å². The van der Waals surface area contributed by atoms with E-state index in [2.05, 4.69) is 0 Å². The lowest BCUT2D eigenvalue weighted by Gasteiger charge is -2.16. The first-order chi connectivity index (χ1) is 7.98. The molecule has 0 aromatic rings. The number of nitrogens with zero attached hydrogens (tertiary/aromatic N) is 1. The van der Waals surface area contributed by atoms with E-state index in [-0.39, 0.29) is 19.4 Å². The number of carbonyl (C=O) groups excluding carboxylic acids is 2. The maximum absolute atomic E-state index is 11.2. The van der Waals surface area contributed by atoms with E-state index in [0.29, 0.717) is 6.29 Å². The number of carbonyl (C=O) groups is 2. The van der Waals surface area contributed by atoms with Gasteiger partial charge in [-0.2, -0.15) is 5.26 Å². The number of hydrogen-bond acceptors (Lipinski definition) is 6. The molecule has 1 aliphatic rings. The molecule has 0 aromatic carbocycles. The van der Waals surface area contributed by atoms with Gasteiger partial charge in [-0.15, -0.1) is 0 Å². The average molecular weight is 241 g/mol. The first kappa shape index (κ1) is 13.6. The summed E-state index contributed by atoms with van der Waals surface area (Å²) in [6, 6.07) is 1.94. The summed E-state index contributed by atoms with van der Waals surface area (Å²) in [4.78, 5) is 21.2. The quantitative estimate of drug-likeness (QED) is 0.516. The monoisotopic (exact) mass is 241 g/mol. The molecule has 0 spiro atoms. The molecule has 17 heavy (non-hydrogen) atoms. The molecule has 0 aromatic heterocycles. The summed E-state index contributed by atoms with van der Waals surface area (Å²) in [5.74, 6) is -1.33. The van der Waals surface area contributed by atoms with Crippen molar-refractivity contribution in [2.45, 2.75) is 44.7 Å². The van der Waals surface area contributed by atoms with Crippen LogP contribution >= 0.6 is 0 Å². The standard InChI is InChI=1S/C11H15NO5/c1-11(2)16-8(6-12)9(17-11)7-15-10(14)4-3-5-13/h5,8-9H,3-4,7H2,1-2H3/t8-,9+/m0/s1. The molecule has 1 heterocycles. The Morgan fingerprint density at radius 1 is 1.53 bits per heavy atom. The molecule has 0 unspecified atom stereocenters. The molecule has 0 radical (unpaired) electrons. The topological polar surface area (TPSA) is 85.6 Å². The van der Waals surface area contributed by atoms with Gasteiger partial charge in [-0.05, 0) is 13.8 Å². The summed E-state index contributed by atoms with van der Waals surface area (Å²) in [5, 5.41) is 8.83. The van der Waals surface area contributed by atoms with E-state index in [1.165, 1.54) is 0 Å². The van der Waals surface area contributed by atoms with Gasteiger partial charge in [-0.3, -0.25) is 4.79 Å². The largest absolute Gasteiger partial charge is 0.463 e. The van der Waals surface area contributed by atoms with Gasteiger partial charge >= 0.3 is 5.97 Å². The number of hydrogen-bond donors (Lipinski definition) is 0. The Balaban J connectivity index is 2.39. The van der Waals surface area contributed by atoms with Crippen LogP contribution in [0, 0.1) is 11.3 Å². The van der Waals surface area contributed by atoms with Crippen LogP contribution < -0.4 is 0 Å². The molecule has 2 atom stereocenters. The lowest BCUT2D eigenvalue weighted by Crippen LogP contribution is -2.28. The highest BCUT2D eigenvalue weighted by atomic mass is 16.8. The fraction of sp³-hybridized carbons (Fsp3) is 0.727. The van der Waals surface area contributed by atoms with Crippen molar-refractivity contribution >= 4 is 12.3 Å². The molecule has 6 heteroatoms. The van der Waals surface area contributed by atoms with Crippen LogP contribution in [-0.2, 0) is 23.8 Å². The molecule has 1 saturated heterocycles. The highest BCUT2D eigenvalue weighted by Crippen LogP contribution is 2.27. The summed E-state index contributed by atoms with van der Waals surface area (Å²) < 4.78 is 15.6. The van der Waals surface area contributed by atoms with Crippen LogP contribution in [0.15, 0.2) is 0 Å². The van der Waals surface area contributed by atoms with Crippen LogP contribution in [-0.4, -0.2) is 36.9 Å². The van der Waals surface area contributed by atoms with Gasteiger partial charge in [-0.25, -0.2) is 0 Å². The third-order valence-corrected chi connectivity index (χ3v) is 2.19. The fourth-order valence-corrected chi connectivity index (χ4v) is 1.49. The fourth-order valence-electron chi connectivity index (χ4n) is 1.49. The van der Waals surface area contributed by atoms with Gasteiger partial charge in [0, 0.05) is 6.42 Å². The van der Waals surface area contributed by atoms with Crippen LogP contribution in [0.4, 0.5) is 0 Å². The van der Waals surface area contributed by atoms with Gasteiger partial charge in [0.2, 0.25) is 0 Å². The van der Waals surface area contributed by atoms with E-state index in [1.807, 2.05) is 6.07 Å². The summed E-state index contributed by atoms with van der Waals surface area (Å²) in [7, 11) is 0. The zero-order valence-electron chi connectivity index (χ0n) is 9.84. The van der Waals surface area contributed by atoms with Gasteiger partial charge in [0.15, 0.2) is 11.9 Å². The van der Waals surface area contributed by atoms with Gasteiger partial charge < -0.3 is 19.0 Å². The zero-order chi connectivity index (χ0) is 12.9. The molecule has 94 valence electrons. The Kier molecular flexibility index (Phi) is 4.61. The van der Waals surface area contributed by atoms with Crippen LogP contribution in [0.25, 0.3) is 0 Å². The van der Waals surface area contributed by atoms with Crippen molar-refractivity contribution in [2.75, 3.05) is 6.61 Å². The normalized spacial score (nSPS) is 26.2. The molecule has 6 nitrogen and oxygen atoms in total. The zero-order valence-corrected chi connectivity index (χ0v) is 9.84. The van der Waals surface area contributed by atoms with Crippen molar-refractivity contribution < 1.29 is 23.8 Å². The van der Waals surface area contributed by atoms with Crippen LogP contribution in [0.5, 0.6) is 0 Å². The highest BCUT2D eigenvalue weighted by molar-refractivity contribution is 5.72. The second-order valence-electron chi connectivity index (χ2n) is 4.11. The lowest BCUT2D eigenvalue weighted by molar-refractivity contribution is -0.159. The molecule has 0 aliphatic carbocycles. The maximum atomic E-state index is 11.2. The second-order valence-corrected chi connectivity index (χ2v) is 4.11. The Morgan fingerprint density at radius 3 is 2.82 bits per heavy atom. The predicted molar refractivity (Wildman–Crippen MR) is 55.7 cm³/mol. The summed E-state index contributed by atoms with van der Waals surface area (Å²) in [6.07, 6.45) is -0.511. The van der Waals surface area contributed by atoms with Crippen molar-refractivity contribution in [1.82, 2.24) is 0 Å². The SMILES string of the molecule is CC1(C)O[C@@H](C#N)[C@@H](COC(=O)CCC=O)O1. The first-order valence-electron chi connectivity index (χ1n) is 5.33. The smallest absolute Gasteiger partial charge is 0.306 e. The lowest BCUT2D eigenvalue weighted by atomic mass is 10.2. The predicted octanol–water partition coefficient (Wildman–Crippen LogP) is 0.552. The van der Waals surface area contributed by atoms with Crippen molar-refractivity contribution in [2.24, 2.45) is 0 Å². The average Bonchev–Trinajstić information content (AvgIpc) is 2.58. The van der Waals surface area contributed by atoms with E-state index in [0.717, 1.165) is 0 Å². The first-order valence-corrected chi connectivity index (χ1v) is 5.33. The molecular weight excluding hydrogens is 226 g/mol. The van der Waals surface area contributed by atoms with Gasteiger partial charge in [0.25, 0.3) is 0 Å². The Morgan fingerprint density at radius 2 is 2.24 bits per heavy atom. The van der Waals surface area contributed by atoms with Gasteiger partial charge in [0.05, 0.1) is 12.5 Å². The Bertz CT molecular complexity index is 333. The molecule has 0 amide bonds. The number of aldehydes is 1. The van der Waals surface area contributed by atoms with E-state index < -0.39 is 24.0 Å². The molecule has 0 bridgehead atoms. The van der Waals surface area contributed by atoms with E-state index >= 15 is 0 Å². The van der Waals surface area contributed by atoms with Crippen LogP contribution in [0.2, 0.25) is 0 Å². The number of esters is 1. The summed E-state index contributed by atoms with van der Waals surface area (Å²) in [6.45, 7) is 3.33. The molecule has 1 fully saturated rings. The molecule has 0 saturated carbocycles. The minimum absolute atomic E-state index is 0.0394. The summed E-state index contributed by atoms with van der Waals surface area (Å²) >= 11 is 0. The Hall–Kier alpha value is -1.45. The minimum atomic E-state index is -0.847. The third-order valence-electron chi connectivity index (χ3n) is 2.19. The summed E-state index contributed by atoms with van der Waals surface area (Å²) in [5.41, 5.74) is 0. The van der Waals surface area contributed by atoms with E-state index in [1.54, 1.807) is 13.8 Å². The highest BCUT2D eigenvalue weighted by Gasteiger charge is 2.42. The molecule has 0 N–H and O–H groups in total. The van der Waals surface area contributed by atoms with Crippen molar-refractivity contribution in [1.29, 1.82) is 5.26 Å². The van der Waals surface area contributed by atoms with Crippen LogP contribution in [0.3, 0.4) is 0 Å². The van der Waals surface area contributed by atoms with Gasteiger partial charge in [-0.1, -0.05) is 0 Å². The number of rotatable bonds is 5. The van der Waals surface area contributed by atoms with E-state index in [9.17, 15) is 9.59 Å². The number of nitriles is 1. The van der Waals surface area contributed by atoms with Crippen molar-refractivity contribution in [3.05, 3.63) is 0 Å². The van der Waals surface area contributed by atoms with Crippen molar-refractivity contribution in [3.8, 4) is 6.07 Å². The second kappa shape index (κ2) is 5.75. The van der Waals surface area contributed by atoms with Crippen molar-refractivity contribution in [3.63, 3.8) is 0 Å². The Labute approximate surface area is 99.4 Å². The number of ether oxygens (including phenoxy) is 3. The van der Waals surface area contributed by atoms with Gasteiger partial charge in [0.1, 0.15) is 19.0 Å². The third kappa shape index (κ3) is 4.13. The molecule has 1 aliphatic heterocycles. The minimum Gasteiger partial charge on any atom is -0.463 e. The van der Waals surface area contributed by atoms with E-state index in [4.69, 9.17) is 19.5 Å². The molecular formula is C11H15NO5. The maximum Gasteiger partial charge on any atom is 0.306 e.